The molecule has 0 aliphatic heterocycles. The maximum Gasteiger partial charge on any atom is 0.338 e. The van der Waals surface area contributed by atoms with E-state index in [1.807, 2.05) is 0 Å². The van der Waals surface area contributed by atoms with Crippen LogP contribution in [0.5, 0.6) is 5.75 Å². The molecule has 0 saturated heterocycles. The third kappa shape index (κ3) is 4.12. The number of carbonyl (C=O) groups is 1. The van der Waals surface area contributed by atoms with Gasteiger partial charge in [-0.05, 0) is 42.3 Å². The van der Waals surface area contributed by atoms with Crippen LogP contribution in [-0.4, -0.2) is 28.6 Å². The largest absolute Gasteiger partial charge is 0.497 e. The molecule has 0 unspecified atom stereocenters. The van der Waals surface area contributed by atoms with Crippen molar-refractivity contribution in [2.24, 2.45) is 0 Å². The van der Waals surface area contributed by atoms with Gasteiger partial charge in [0.05, 0.1) is 24.7 Å². The molecule has 7 heteroatoms. The van der Waals surface area contributed by atoms with Gasteiger partial charge in [0.1, 0.15) is 5.75 Å². The van der Waals surface area contributed by atoms with E-state index in [-0.39, 0.29) is 17.0 Å². The summed E-state index contributed by atoms with van der Waals surface area (Å²) in [5.74, 6) is 0.0763. The summed E-state index contributed by atoms with van der Waals surface area (Å²) >= 11 is 0. The van der Waals surface area contributed by atoms with Crippen molar-refractivity contribution in [1.29, 1.82) is 0 Å². The van der Waals surface area contributed by atoms with Gasteiger partial charge < -0.3 is 9.47 Å². The van der Waals surface area contributed by atoms with E-state index < -0.39 is 16.0 Å². The molecule has 24 heavy (non-hydrogen) atoms. The summed E-state index contributed by atoms with van der Waals surface area (Å²) in [4.78, 5) is 11.7. The van der Waals surface area contributed by atoms with Crippen LogP contribution in [0.4, 0.5) is 0 Å². The zero-order chi connectivity index (χ0) is 17.7. The van der Waals surface area contributed by atoms with Crippen molar-refractivity contribution in [1.82, 2.24) is 4.72 Å². The molecule has 0 fully saturated rings. The monoisotopic (exact) mass is 349 g/mol. The molecular formula is C17H19NO5S. The fraction of sp³-hybridized carbons (Fsp3) is 0.235. The van der Waals surface area contributed by atoms with Crippen LogP contribution >= 0.6 is 0 Å². The average Bonchev–Trinajstić information content (AvgIpc) is 2.59. The molecule has 0 amide bonds. The minimum absolute atomic E-state index is 0.0106. The molecule has 0 aromatic heterocycles. The maximum absolute atomic E-state index is 12.4. The quantitative estimate of drug-likeness (QED) is 0.809. The summed E-state index contributed by atoms with van der Waals surface area (Å²) in [6.45, 7) is 1.83. The first kappa shape index (κ1) is 18.0. The van der Waals surface area contributed by atoms with Crippen LogP contribution in [0.1, 0.15) is 21.5 Å². The van der Waals surface area contributed by atoms with Crippen LogP contribution in [-0.2, 0) is 21.3 Å². The molecule has 0 aliphatic carbocycles. The molecule has 0 saturated carbocycles. The average molecular weight is 349 g/mol. The molecule has 1 N–H and O–H groups in total. The molecule has 0 spiro atoms. The Morgan fingerprint density at radius 1 is 1.12 bits per heavy atom. The Balaban J connectivity index is 2.22. The smallest absolute Gasteiger partial charge is 0.338 e. The number of rotatable bonds is 6. The number of methoxy groups -OCH3 is 2. The lowest BCUT2D eigenvalue weighted by atomic mass is 10.1. The highest BCUT2D eigenvalue weighted by Crippen LogP contribution is 2.18. The number of carbonyl (C=O) groups excluding carboxylic acids is 1. The van der Waals surface area contributed by atoms with E-state index in [0.717, 1.165) is 5.56 Å². The fourth-order valence-electron chi connectivity index (χ4n) is 2.14. The van der Waals surface area contributed by atoms with Crippen LogP contribution in [0.2, 0.25) is 0 Å². The van der Waals surface area contributed by atoms with Crippen LogP contribution in [0.25, 0.3) is 0 Å². The molecule has 2 aromatic carbocycles. The van der Waals surface area contributed by atoms with E-state index in [4.69, 9.17) is 4.74 Å². The van der Waals surface area contributed by atoms with Crippen molar-refractivity contribution in [2.45, 2.75) is 18.4 Å². The molecule has 2 aromatic rings. The van der Waals surface area contributed by atoms with Crippen molar-refractivity contribution in [2.75, 3.05) is 14.2 Å². The third-order valence-electron chi connectivity index (χ3n) is 3.53. The molecule has 0 aliphatic rings. The summed E-state index contributed by atoms with van der Waals surface area (Å²) in [5.41, 5.74) is 1.63. The minimum atomic E-state index is -3.76. The lowest BCUT2D eigenvalue weighted by Gasteiger charge is -2.10. The lowest BCUT2D eigenvalue weighted by Crippen LogP contribution is -2.23. The highest BCUT2D eigenvalue weighted by atomic mass is 32.2. The predicted molar refractivity (Wildman–Crippen MR) is 89.5 cm³/mol. The van der Waals surface area contributed by atoms with Crippen LogP contribution in [0.15, 0.2) is 47.4 Å². The van der Waals surface area contributed by atoms with Gasteiger partial charge in [0.15, 0.2) is 0 Å². The van der Waals surface area contributed by atoms with Crippen molar-refractivity contribution in [3.05, 3.63) is 59.2 Å². The van der Waals surface area contributed by atoms with Gasteiger partial charge in [-0.3, -0.25) is 0 Å². The van der Waals surface area contributed by atoms with Crippen molar-refractivity contribution >= 4 is 16.0 Å². The van der Waals surface area contributed by atoms with Gasteiger partial charge in [-0.2, -0.15) is 0 Å². The van der Waals surface area contributed by atoms with Gasteiger partial charge in [-0.15, -0.1) is 0 Å². The standard InChI is InChI=1S/C17H19NO5S/c1-12-7-8-15(10-16(12)17(19)23-3)24(20,21)18-11-13-5-4-6-14(9-13)22-2/h4-10,18H,11H2,1-3H3. The second-order valence-electron chi connectivity index (χ2n) is 5.14. The zero-order valence-corrected chi connectivity index (χ0v) is 14.5. The van der Waals surface area contributed by atoms with Crippen molar-refractivity contribution in [3.63, 3.8) is 0 Å². The van der Waals surface area contributed by atoms with Gasteiger partial charge in [0.25, 0.3) is 0 Å². The number of nitrogens with one attached hydrogen (secondary N) is 1. The number of esters is 1. The highest BCUT2D eigenvalue weighted by Gasteiger charge is 2.18. The Bertz CT molecular complexity index is 846. The van der Waals surface area contributed by atoms with E-state index in [9.17, 15) is 13.2 Å². The van der Waals surface area contributed by atoms with Crippen LogP contribution in [0, 0.1) is 6.92 Å². The first-order valence-corrected chi connectivity index (χ1v) is 8.67. The SMILES string of the molecule is COC(=O)c1cc(S(=O)(=O)NCc2cccc(OC)c2)ccc1C. The molecule has 0 atom stereocenters. The van der Waals surface area contributed by atoms with Crippen molar-refractivity contribution < 1.29 is 22.7 Å². The second-order valence-corrected chi connectivity index (χ2v) is 6.91. The van der Waals surface area contributed by atoms with E-state index in [2.05, 4.69) is 9.46 Å². The number of hydrogen-bond donors (Lipinski definition) is 1. The molecule has 6 nitrogen and oxygen atoms in total. The third-order valence-corrected chi connectivity index (χ3v) is 4.92. The highest BCUT2D eigenvalue weighted by molar-refractivity contribution is 7.89. The predicted octanol–water partition coefficient (Wildman–Crippen LogP) is 2.27. The maximum atomic E-state index is 12.4. The van der Waals surface area contributed by atoms with E-state index in [0.29, 0.717) is 11.3 Å². The Morgan fingerprint density at radius 2 is 1.88 bits per heavy atom. The zero-order valence-electron chi connectivity index (χ0n) is 13.7. The molecular weight excluding hydrogens is 330 g/mol. The molecule has 0 bridgehead atoms. The number of ether oxygens (including phenoxy) is 2. The summed E-state index contributed by atoms with van der Waals surface area (Å²) in [6.07, 6.45) is 0. The van der Waals surface area contributed by atoms with E-state index in [1.165, 1.54) is 19.2 Å². The Labute approximate surface area is 141 Å². The Morgan fingerprint density at radius 3 is 2.54 bits per heavy atom. The number of hydrogen-bond acceptors (Lipinski definition) is 5. The topological polar surface area (TPSA) is 81.7 Å². The number of sulfonamides is 1. The molecule has 0 radical (unpaired) electrons. The van der Waals surface area contributed by atoms with E-state index >= 15 is 0 Å². The molecule has 2 rings (SSSR count). The van der Waals surface area contributed by atoms with Gasteiger partial charge in [0, 0.05) is 6.54 Å². The Kier molecular flexibility index (Phi) is 5.58. The van der Waals surface area contributed by atoms with Crippen molar-refractivity contribution in [3.8, 4) is 5.75 Å². The number of benzene rings is 2. The summed E-state index contributed by atoms with van der Waals surface area (Å²) in [5, 5.41) is 0. The summed E-state index contributed by atoms with van der Waals surface area (Å²) < 4.78 is 37.2. The van der Waals surface area contributed by atoms with Gasteiger partial charge >= 0.3 is 5.97 Å². The van der Waals surface area contributed by atoms with Gasteiger partial charge in [-0.25, -0.2) is 17.9 Å². The van der Waals surface area contributed by atoms with Crippen LogP contribution in [0.3, 0.4) is 0 Å². The van der Waals surface area contributed by atoms with Gasteiger partial charge in [0.2, 0.25) is 10.0 Å². The minimum Gasteiger partial charge on any atom is -0.497 e. The van der Waals surface area contributed by atoms with Crippen LogP contribution < -0.4 is 9.46 Å². The first-order valence-electron chi connectivity index (χ1n) is 7.19. The van der Waals surface area contributed by atoms with Gasteiger partial charge in [-0.1, -0.05) is 18.2 Å². The lowest BCUT2D eigenvalue weighted by molar-refractivity contribution is 0.0599. The number of aryl methyl sites for hydroxylation is 1. The first-order chi connectivity index (χ1) is 11.4. The fourth-order valence-corrected chi connectivity index (χ4v) is 3.19. The van der Waals surface area contributed by atoms with E-state index in [1.54, 1.807) is 44.4 Å². The Hall–Kier alpha value is -2.38. The normalized spacial score (nSPS) is 11.1. The summed E-state index contributed by atoms with van der Waals surface area (Å²) in [6, 6.07) is 11.4. The second kappa shape index (κ2) is 7.46. The summed E-state index contributed by atoms with van der Waals surface area (Å²) in [7, 11) is -0.958. The molecule has 0 heterocycles. The molecule has 128 valence electrons.